The third-order valence-corrected chi connectivity index (χ3v) is 2.17. The Morgan fingerprint density at radius 2 is 2.12 bits per heavy atom. The number of nitrogens with zero attached hydrogens (tertiary/aromatic N) is 1. The summed E-state index contributed by atoms with van der Waals surface area (Å²) in [6.07, 6.45) is -0.698. The number of aliphatic hydroxyl groups is 3. The third-order valence-electron chi connectivity index (χ3n) is 2.17. The third kappa shape index (κ3) is 2.90. The van der Waals surface area contributed by atoms with Gasteiger partial charge in [0, 0.05) is 17.3 Å². The maximum Gasteiger partial charge on any atom is 0.373 e. The lowest BCUT2D eigenvalue weighted by Gasteiger charge is -2.16. The molecule has 17 heavy (non-hydrogen) atoms. The summed E-state index contributed by atoms with van der Waals surface area (Å²) in [5, 5.41) is 35.8. The second kappa shape index (κ2) is 5.58. The predicted molar refractivity (Wildman–Crippen MR) is 55.1 cm³/mol. The zero-order chi connectivity index (χ0) is 13.0. The minimum atomic E-state index is -2.05. The molecule has 0 aromatic carbocycles. The number of pyridine rings is 1. The van der Waals surface area contributed by atoms with Crippen molar-refractivity contribution < 1.29 is 30.0 Å². The Balaban J connectivity index is 3.16. The van der Waals surface area contributed by atoms with Crippen molar-refractivity contribution in [2.45, 2.75) is 26.4 Å². The summed E-state index contributed by atoms with van der Waals surface area (Å²) in [7, 11) is 0. The van der Waals surface area contributed by atoms with E-state index in [1.807, 2.05) is 0 Å². The van der Waals surface area contributed by atoms with Gasteiger partial charge in [0.25, 0.3) is 6.29 Å². The normalized spacial score (nSPS) is 12.2. The van der Waals surface area contributed by atoms with Gasteiger partial charge < -0.3 is 25.2 Å². The lowest BCUT2D eigenvalue weighted by atomic mass is 10.1. The van der Waals surface area contributed by atoms with E-state index in [1.165, 1.54) is 13.1 Å². The van der Waals surface area contributed by atoms with E-state index in [4.69, 9.17) is 25.2 Å². The van der Waals surface area contributed by atoms with Gasteiger partial charge in [-0.2, -0.15) is 0 Å². The van der Waals surface area contributed by atoms with Crippen LogP contribution in [0, 0.1) is 6.92 Å². The van der Waals surface area contributed by atoms with Gasteiger partial charge in [0.15, 0.2) is 5.75 Å². The number of aromatic nitrogens is 1. The summed E-state index contributed by atoms with van der Waals surface area (Å²) in [6.45, 7) is 0.702. The highest BCUT2D eigenvalue weighted by Crippen LogP contribution is 2.26. The Morgan fingerprint density at radius 1 is 1.47 bits per heavy atom. The van der Waals surface area contributed by atoms with Crippen LogP contribution in [0.2, 0.25) is 0 Å². The number of hydrogen-bond acceptors (Lipinski definition) is 6. The van der Waals surface area contributed by atoms with Crippen molar-refractivity contribution in [3.05, 3.63) is 23.0 Å². The molecule has 0 bridgehead atoms. The van der Waals surface area contributed by atoms with Crippen molar-refractivity contribution in [1.82, 2.24) is 4.98 Å². The molecule has 94 valence electrons. The van der Waals surface area contributed by atoms with E-state index >= 15 is 0 Å². The molecule has 1 heterocycles. The molecule has 7 heteroatoms. The van der Waals surface area contributed by atoms with Gasteiger partial charge in [0.05, 0.1) is 18.9 Å². The number of aliphatic carboxylic acids is 1. The summed E-state index contributed by atoms with van der Waals surface area (Å²) in [5.74, 6) is -1.59. The monoisotopic (exact) mass is 243 g/mol. The van der Waals surface area contributed by atoms with Crippen molar-refractivity contribution in [2.75, 3.05) is 0 Å². The highest BCUT2D eigenvalue weighted by Gasteiger charge is 2.20. The first kappa shape index (κ1) is 13.4. The highest BCUT2D eigenvalue weighted by atomic mass is 16.6. The standard InChI is InChI=1S/C10H13NO6/c1-5-8(17-10(16)9(14)15)7(4-13)6(3-12)2-11-5/h2,10,12-13,16H,3-4H2,1H3,(H,14,15). The van der Waals surface area contributed by atoms with Gasteiger partial charge in [-0.3, -0.25) is 4.98 Å². The molecule has 0 radical (unpaired) electrons. The summed E-state index contributed by atoms with van der Waals surface area (Å²) in [4.78, 5) is 14.3. The molecule has 1 aromatic heterocycles. The van der Waals surface area contributed by atoms with Gasteiger partial charge in [0.1, 0.15) is 0 Å². The van der Waals surface area contributed by atoms with Crippen LogP contribution >= 0.6 is 0 Å². The number of ether oxygens (including phenoxy) is 1. The minimum Gasteiger partial charge on any atom is -0.477 e. The summed E-state index contributed by atoms with van der Waals surface area (Å²) < 4.78 is 4.79. The fourth-order valence-electron chi connectivity index (χ4n) is 1.30. The molecule has 0 amide bonds. The van der Waals surface area contributed by atoms with E-state index in [0.717, 1.165) is 0 Å². The molecule has 4 N–H and O–H groups in total. The summed E-state index contributed by atoms with van der Waals surface area (Å²) in [6, 6.07) is 0. The topological polar surface area (TPSA) is 120 Å². The van der Waals surface area contributed by atoms with Gasteiger partial charge in [-0.05, 0) is 6.92 Å². The average molecular weight is 243 g/mol. The van der Waals surface area contributed by atoms with Gasteiger partial charge in [-0.15, -0.1) is 0 Å². The van der Waals surface area contributed by atoms with Crippen molar-refractivity contribution in [1.29, 1.82) is 0 Å². The molecule has 0 saturated carbocycles. The molecule has 1 atom stereocenters. The molecule has 0 aliphatic heterocycles. The first-order valence-corrected chi connectivity index (χ1v) is 4.77. The fraction of sp³-hybridized carbons (Fsp3) is 0.400. The molecular formula is C10H13NO6. The molecule has 0 aliphatic carbocycles. The molecule has 0 spiro atoms. The lowest BCUT2D eigenvalue weighted by Crippen LogP contribution is -2.27. The maximum atomic E-state index is 10.5. The number of carboxylic acid groups (broad SMARTS) is 1. The Labute approximate surface area is 96.9 Å². The lowest BCUT2D eigenvalue weighted by molar-refractivity contribution is -0.162. The van der Waals surface area contributed by atoms with E-state index in [2.05, 4.69) is 4.98 Å². The van der Waals surface area contributed by atoms with E-state index in [-0.39, 0.29) is 17.9 Å². The minimum absolute atomic E-state index is 0.0334. The predicted octanol–water partition coefficient (Wildman–Crippen LogP) is -0.844. The quantitative estimate of drug-likeness (QED) is 0.497. The molecule has 1 unspecified atom stereocenters. The second-order valence-electron chi connectivity index (χ2n) is 3.30. The van der Waals surface area contributed by atoms with Gasteiger partial charge >= 0.3 is 5.97 Å². The van der Waals surface area contributed by atoms with Crippen LogP contribution in [-0.2, 0) is 18.0 Å². The molecule has 0 fully saturated rings. The van der Waals surface area contributed by atoms with Crippen LogP contribution in [0.4, 0.5) is 0 Å². The maximum absolute atomic E-state index is 10.5. The molecular weight excluding hydrogens is 230 g/mol. The van der Waals surface area contributed by atoms with Gasteiger partial charge in [-0.1, -0.05) is 0 Å². The smallest absolute Gasteiger partial charge is 0.373 e. The van der Waals surface area contributed by atoms with E-state index in [1.54, 1.807) is 0 Å². The van der Waals surface area contributed by atoms with Crippen molar-refractivity contribution in [3.8, 4) is 5.75 Å². The Hall–Kier alpha value is -1.70. The molecule has 1 aromatic rings. The molecule has 0 aliphatic rings. The first-order valence-electron chi connectivity index (χ1n) is 4.77. The summed E-state index contributed by atoms with van der Waals surface area (Å²) >= 11 is 0. The van der Waals surface area contributed by atoms with Gasteiger partial charge in [0.2, 0.25) is 0 Å². The zero-order valence-corrected chi connectivity index (χ0v) is 9.12. The number of aryl methyl sites for hydroxylation is 1. The average Bonchev–Trinajstić information content (AvgIpc) is 2.31. The number of rotatable bonds is 5. The second-order valence-corrected chi connectivity index (χ2v) is 3.30. The number of carboxylic acids is 1. The highest BCUT2D eigenvalue weighted by molar-refractivity contribution is 5.70. The van der Waals surface area contributed by atoms with Crippen molar-refractivity contribution in [2.24, 2.45) is 0 Å². The molecule has 0 saturated heterocycles. The van der Waals surface area contributed by atoms with Gasteiger partial charge in [-0.25, -0.2) is 4.79 Å². The van der Waals surface area contributed by atoms with E-state index in [0.29, 0.717) is 11.3 Å². The molecule has 7 nitrogen and oxygen atoms in total. The van der Waals surface area contributed by atoms with Crippen LogP contribution in [0.1, 0.15) is 16.8 Å². The van der Waals surface area contributed by atoms with E-state index < -0.39 is 18.9 Å². The van der Waals surface area contributed by atoms with Crippen molar-refractivity contribution >= 4 is 5.97 Å². The summed E-state index contributed by atoms with van der Waals surface area (Å²) in [5.41, 5.74) is 0.831. The number of aliphatic hydroxyl groups excluding tert-OH is 3. The Bertz CT molecular complexity index is 420. The number of hydrogen-bond donors (Lipinski definition) is 4. The van der Waals surface area contributed by atoms with Crippen LogP contribution in [0.15, 0.2) is 6.20 Å². The van der Waals surface area contributed by atoms with E-state index in [9.17, 15) is 4.79 Å². The number of carbonyl (C=O) groups is 1. The Morgan fingerprint density at radius 3 is 2.59 bits per heavy atom. The van der Waals surface area contributed by atoms with Crippen LogP contribution in [0.25, 0.3) is 0 Å². The van der Waals surface area contributed by atoms with Crippen LogP contribution in [0.3, 0.4) is 0 Å². The SMILES string of the molecule is Cc1ncc(CO)c(CO)c1OC(O)C(=O)O. The van der Waals surface area contributed by atoms with Crippen LogP contribution in [-0.4, -0.2) is 37.7 Å². The first-order chi connectivity index (χ1) is 8.01. The molecule has 1 rings (SSSR count). The fourth-order valence-corrected chi connectivity index (χ4v) is 1.30. The zero-order valence-electron chi connectivity index (χ0n) is 9.12. The van der Waals surface area contributed by atoms with Crippen molar-refractivity contribution in [3.63, 3.8) is 0 Å². The largest absolute Gasteiger partial charge is 0.477 e. The Kier molecular flexibility index (Phi) is 4.38. The van der Waals surface area contributed by atoms with Crippen LogP contribution in [0.5, 0.6) is 5.75 Å². The van der Waals surface area contributed by atoms with Crippen LogP contribution < -0.4 is 4.74 Å².